The number of hydrogen-bond donors (Lipinski definition) is 1. The van der Waals surface area contributed by atoms with Gasteiger partial charge in [-0.25, -0.2) is 9.59 Å². The van der Waals surface area contributed by atoms with Crippen molar-refractivity contribution in [2.45, 2.75) is 25.0 Å². The van der Waals surface area contributed by atoms with E-state index in [9.17, 15) is 14.4 Å². The second kappa shape index (κ2) is 14.3. The van der Waals surface area contributed by atoms with Crippen LogP contribution in [0.3, 0.4) is 0 Å². The van der Waals surface area contributed by atoms with Gasteiger partial charge >= 0.3 is 18.2 Å². The second-order valence-electron chi connectivity index (χ2n) is 11.1. The molecule has 3 aromatic carbocycles. The predicted molar refractivity (Wildman–Crippen MR) is 165 cm³/mol. The van der Waals surface area contributed by atoms with E-state index >= 15 is 0 Å². The highest BCUT2D eigenvalue weighted by Crippen LogP contribution is 2.56. The van der Waals surface area contributed by atoms with Crippen LogP contribution in [0.4, 0.5) is 9.59 Å². The largest absolute Gasteiger partial charge is 0.514 e. The molecule has 0 spiro atoms. The molecule has 0 bridgehead atoms. The Morgan fingerprint density at radius 3 is 2.40 bits per heavy atom. The van der Waals surface area contributed by atoms with E-state index in [2.05, 4.69) is 15.3 Å². The quantitative estimate of drug-likeness (QED) is 0.0517. The zero-order valence-corrected chi connectivity index (χ0v) is 26.1. The van der Waals surface area contributed by atoms with E-state index in [0.717, 1.165) is 5.56 Å². The summed E-state index contributed by atoms with van der Waals surface area (Å²) in [6.45, 7) is 0.444. The number of carbonyl (C=O) groups is 3. The summed E-state index contributed by atoms with van der Waals surface area (Å²) in [5.41, 5.74) is 11.1. The number of alkyl carbamates (subject to hydrolysis) is 1. The van der Waals surface area contributed by atoms with E-state index in [0.29, 0.717) is 34.6 Å². The lowest BCUT2D eigenvalue weighted by atomic mass is 9.66. The van der Waals surface area contributed by atoms with E-state index in [4.69, 9.17) is 43.4 Å². The fourth-order valence-electron chi connectivity index (χ4n) is 6.21. The first-order valence-electron chi connectivity index (χ1n) is 15.1. The molecule has 1 aliphatic carbocycles. The lowest BCUT2D eigenvalue weighted by Gasteiger charge is -2.38. The van der Waals surface area contributed by atoms with Gasteiger partial charge in [-0.05, 0) is 52.9 Å². The molecule has 15 nitrogen and oxygen atoms in total. The first-order chi connectivity index (χ1) is 23.4. The average Bonchev–Trinajstić information content (AvgIpc) is 3.73. The van der Waals surface area contributed by atoms with Gasteiger partial charge in [-0.3, -0.25) is 4.79 Å². The standard InChI is InChI=1S/C33H32N4O11/c1-41-25-11-19(12-26(42-2)30(25)48-33(40)44-15-18-7-4-3-5-8-18)27-20-13-23-24(46-17-45-23)14-21(20)29(22-16-43-31(38)28(22)27)47-32(39)35-9-6-10-36-37-34/h3-5,7-8,11-14,22,27-29H,6,9-10,15-17H2,1-2H3,(H,35,39)/t22-,27+,28-,29+/m0/s1. The Hall–Kier alpha value is -5.82. The first-order valence-corrected chi connectivity index (χ1v) is 15.1. The number of azide groups is 1. The van der Waals surface area contributed by atoms with Gasteiger partial charge in [0.25, 0.3) is 0 Å². The molecule has 1 N–H and O–H groups in total. The smallest absolute Gasteiger partial charge is 0.493 e. The summed E-state index contributed by atoms with van der Waals surface area (Å²) in [5.74, 6) is -1.22. The highest BCUT2D eigenvalue weighted by molar-refractivity contribution is 5.79. The molecular weight excluding hydrogens is 628 g/mol. The monoisotopic (exact) mass is 660 g/mol. The van der Waals surface area contributed by atoms with Gasteiger partial charge < -0.3 is 43.2 Å². The molecule has 1 amide bonds. The number of nitrogens with one attached hydrogen (secondary N) is 1. The highest BCUT2D eigenvalue weighted by atomic mass is 16.7. The number of cyclic esters (lactones) is 1. The molecule has 4 atom stereocenters. The van der Waals surface area contributed by atoms with Gasteiger partial charge in [-0.15, -0.1) is 0 Å². The molecule has 2 aliphatic heterocycles. The fourth-order valence-corrected chi connectivity index (χ4v) is 6.21. The molecule has 0 aromatic heterocycles. The summed E-state index contributed by atoms with van der Waals surface area (Å²) < 4.78 is 45.0. The SMILES string of the molecule is COc1cc([C@@H]2c3cc4c(cc3[C@@H](OC(=O)NCCCN=[N+]=[N-])[C@H]3COC(=O)[C@H]23)OCO4)cc(OC)c1OC(=O)OCc1ccccc1. The number of nitrogens with zero attached hydrogens (tertiary/aromatic N) is 3. The van der Waals surface area contributed by atoms with Crippen molar-refractivity contribution in [3.8, 4) is 28.7 Å². The Labute approximate surface area is 274 Å². The Morgan fingerprint density at radius 1 is 1.00 bits per heavy atom. The summed E-state index contributed by atoms with van der Waals surface area (Å²) in [5, 5.41) is 6.13. The minimum Gasteiger partial charge on any atom is -0.493 e. The van der Waals surface area contributed by atoms with E-state index in [1.165, 1.54) is 14.2 Å². The maximum atomic E-state index is 13.4. The van der Waals surface area contributed by atoms with Crippen LogP contribution < -0.4 is 29.0 Å². The maximum absolute atomic E-state index is 13.4. The van der Waals surface area contributed by atoms with Crippen molar-refractivity contribution in [2.24, 2.45) is 17.0 Å². The van der Waals surface area contributed by atoms with Gasteiger partial charge in [0, 0.05) is 35.4 Å². The topological polar surface area (TPSA) is 186 Å². The second-order valence-corrected chi connectivity index (χ2v) is 11.1. The summed E-state index contributed by atoms with van der Waals surface area (Å²) in [6, 6.07) is 16.0. The Kier molecular flexibility index (Phi) is 9.57. The van der Waals surface area contributed by atoms with Crippen molar-refractivity contribution in [2.75, 3.05) is 40.7 Å². The Bertz CT molecular complexity index is 1720. The molecule has 6 rings (SSSR count). The molecular formula is C33H32N4O11. The molecule has 15 heteroatoms. The van der Waals surface area contributed by atoms with Gasteiger partial charge in [-0.2, -0.15) is 0 Å². The molecule has 3 aliphatic rings. The van der Waals surface area contributed by atoms with E-state index in [-0.39, 0.29) is 50.3 Å². The highest BCUT2D eigenvalue weighted by Gasteiger charge is 2.54. The first kappa shape index (κ1) is 32.1. The third kappa shape index (κ3) is 6.53. The van der Waals surface area contributed by atoms with Crippen molar-refractivity contribution in [1.29, 1.82) is 0 Å². The van der Waals surface area contributed by atoms with E-state index in [1.54, 1.807) is 24.3 Å². The van der Waals surface area contributed by atoms with Gasteiger partial charge in [0.2, 0.25) is 12.5 Å². The van der Waals surface area contributed by atoms with Crippen LogP contribution in [0.2, 0.25) is 0 Å². The number of amides is 1. The van der Waals surface area contributed by atoms with Crippen LogP contribution in [-0.4, -0.2) is 58.9 Å². The number of rotatable bonds is 11. The molecule has 1 fully saturated rings. The van der Waals surface area contributed by atoms with Crippen molar-refractivity contribution >= 4 is 18.2 Å². The number of benzene rings is 3. The Balaban J connectivity index is 1.34. The van der Waals surface area contributed by atoms with Gasteiger partial charge in [0.05, 0.1) is 26.7 Å². The summed E-state index contributed by atoms with van der Waals surface area (Å²) in [6.07, 6.45) is -2.12. The lowest BCUT2D eigenvalue weighted by molar-refractivity contribution is -0.141. The van der Waals surface area contributed by atoms with Crippen LogP contribution in [0.25, 0.3) is 10.4 Å². The molecule has 0 radical (unpaired) electrons. The number of esters is 1. The van der Waals surface area contributed by atoms with Crippen LogP contribution in [0.5, 0.6) is 28.7 Å². The lowest BCUT2D eigenvalue weighted by Crippen LogP contribution is -2.38. The van der Waals surface area contributed by atoms with Crippen molar-refractivity contribution in [3.63, 3.8) is 0 Å². The molecule has 48 heavy (non-hydrogen) atoms. The van der Waals surface area contributed by atoms with Gasteiger partial charge in [0.1, 0.15) is 12.7 Å². The Morgan fingerprint density at radius 2 is 1.71 bits per heavy atom. The number of fused-ring (bicyclic) bond motifs is 3. The number of hydrogen-bond acceptors (Lipinski definition) is 12. The minimum absolute atomic E-state index is 0.000457. The van der Waals surface area contributed by atoms with Crippen LogP contribution >= 0.6 is 0 Å². The van der Waals surface area contributed by atoms with Crippen molar-refractivity contribution < 1.29 is 52.3 Å². The van der Waals surface area contributed by atoms with Crippen LogP contribution in [0.1, 0.15) is 40.7 Å². The van der Waals surface area contributed by atoms with Crippen molar-refractivity contribution in [3.05, 3.63) is 87.3 Å². The molecule has 250 valence electrons. The van der Waals surface area contributed by atoms with E-state index < -0.39 is 42.1 Å². The predicted octanol–water partition coefficient (Wildman–Crippen LogP) is 5.55. The maximum Gasteiger partial charge on any atom is 0.514 e. The third-order valence-corrected chi connectivity index (χ3v) is 8.35. The van der Waals surface area contributed by atoms with Crippen molar-refractivity contribution in [1.82, 2.24) is 5.32 Å². The number of ether oxygens (including phenoxy) is 8. The van der Waals surface area contributed by atoms with Crippen LogP contribution in [0, 0.1) is 11.8 Å². The fraction of sp³-hybridized carbons (Fsp3) is 0.364. The summed E-state index contributed by atoms with van der Waals surface area (Å²) in [4.78, 5) is 41.8. The molecule has 0 unspecified atom stereocenters. The molecule has 1 saturated heterocycles. The minimum atomic E-state index is -0.964. The molecule has 3 aromatic rings. The van der Waals surface area contributed by atoms with Crippen LogP contribution in [0.15, 0.2) is 59.7 Å². The van der Waals surface area contributed by atoms with Crippen LogP contribution in [-0.2, 0) is 25.6 Å². The third-order valence-electron chi connectivity index (χ3n) is 8.35. The molecule has 2 heterocycles. The summed E-state index contributed by atoms with van der Waals surface area (Å²) >= 11 is 0. The zero-order chi connectivity index (χ0) is 33.6. The zero-order valence-electron chi connectivity index (χ0n) is 26.1. The van der Waals surface area contributed by atoms with Gasteiger partial charge in [-0.1, -0.05) is 35.4 Å². The molecule has 0 saturated carbocycles. The number of methoxy groups -OCH3 is 2. The van der Waals surface area contributed by atoms with E-state index in [1.807, 2.05) is 30.3 Å². The normalized spacial score (nSPS) is 19.9. The summed E-state index contributed by atoms with van der Waals surface area (Å²) in [7, 11) is 2.82. The number of carbonyl (C=O) groups excluding carboxylic acids is 3. The van der Waals surface area contributed by atoms with Gasteiger partial charge in [0.15, 0.2) is 23.0 Å². The average molecular weight is 661 g/mol.